The third-order valence-electron chi connectivity index (χ3n) is 6.77. The summed E-state index contributed by atoms with van der Waals surface area (Å²) in [5, 5.41) is 24.1. The molecule has 0 aliphatic heterocycles. The van der Waals surface area contributed by atoms with Gasteiger partial charge < -0.3 is 16.4 Å². The smallest absolute Gasteiger partial charge is 0.270 e. The fraction of sp³-hybridized carbons (Fsp3) is 0.192. The lowest BCUT2D eigenvalue weighted by atomic mass is 10.0. The second-order valence-electron chi connectivity index (χ2n) is 9.34. The molecule has 5 N–H and O–H groups in total. The SMILES string of the molecule is Cc1cc(CNC(=O)c2cc(C(=O)N[C@H]3CCc4cc(-c5nn[nH]n5)ccc43)nc3c(N)cnn23)ccc1F. The van der Waals surface area contributed by atoms with Gasteiger partial charge in [-0.25, -0.2) is 13.9 Å². The topological polar surface area (TPSA) is 169 Å². The molecule has 2 aromatic carbocycles. The minimum absolute atomic E-state index is 0.0364. The highest BCUT2D eigenvalue weighted by Gasteiger charge is 2.27. The maximum absolute atomic E-state index is 13.6. The van der Waals surface area contributed by atoms with Crippen LogP contribution in [0.5, 0.6) is 0 Å². The summed E-state index contributed by atoms with van der Waals surface area (Å²) in [6.07, 6.45) is 2.85. The first-order valence-electron chi connectivity index (χ1n) is 12.2. The van der Waals surface area contributed by atoms with Crippen LogP contribution in [0, 0.1) is 12.7 Å². The van der Waals surface area contributed by atoms with E-state index in [1.807, 2.05) is 18.2 Å². The number of hydrogen-bond donors (Lipinski definition) is 4. The van der Waals surface area contributed by atoms with Crippen LogP contribution in [-0.4, -0.2) is 47.0 Å². The van der Waals surface area contributed by atoms with Gasteiger partial charge >= 0.3 is 0 Å². The number of rotatable bonds is 6. The summed E-state index contributed by atoms with van der Waals surface area (Å²) < 4.78 is 14.9. The van der Waals surface area contributed by atoms with E-state index < -0.39 is 11.8 Å². The Bertz CT molecular complexity index is 1730. The van der Waals surface area contributed by atoms with Crippen LogP contribution in [0.1, 0.15) is 55.7 Å². The minimum Gasteiger partial charge on any atom is -0.394 e. The summed E-state index contributed by atoms with van der Waals surface area (Å²) in [6.45, 7) is 1.81. The van der Waals surface area contributed by atoms with Crippen LogP contribution < -0.4 is 16.4 Å². The quantitative estimate of drug-likeness (QED) is 0.261. The van der Waals surface area contributed by atoms with Gasteiger partial charge in [0, 0.05) is 18.2 Å². The Hall–Kier alpha value is -5.20. The van der Waals surface area contributed by atoms with Crippen LogP contribution in [0.3, 0.4) is 0 Å². The summed E-state index contributed by atoms with van der Waals surface area (Å²) in [5.41, 5.74) is 10.7. The van der Waals surface area contributed by atoms with E-state index in [-0.39, 0.29) is 41.1 Å². The Kier molecular flexibility index (Phi) is 5.94. The molecule has 0 fully saturated rings. The number of anilines is 1. The number of hydrogen-bond acceptors (Lipinski definition) is 8. The molecule has 1 aliphatic carbocycles. The van der Waals surface area contributed by atoms with Crippen LogP contribution in [0.4, 0.5) is 10.1 Å². The van der Waals surface area contributed by atoms with E-state index in [1.54, 1.807) is 19.1 Å². The van der Waals surface area contributed by atoms with Crippen molar-refractivity contribution in [1.82, 2.24) is 45.9 Å². The van der Waals surface area contributed by atoms with E-state index in [2.05, 4.69) is 41.3 Å². The number of amides is 2. The normalized spacial score (nSPS) is 14.4. The molecule has 0 saturated carbocycles. The van der Waals surface area contributed by atoms with E-state index in [4.69, 9.17) is 5.73 Å². The molecule has 0 saturated heterocycles. The Morgan fingerprint density at radius 3 is 2.85 bits per heavy atom. The maximum Gasteiger partial charge on any atom is 0.270 e. The first-order valence-corrected chi connectivity index (χ1v) is 12.2. The number of nitrogens with zero attached hydrogens (tertiary/aromatic N) is 6. The first kappa shape index (κ1) is 24.2. The number of aromatic amines is 1. The highest BCUT2D eigenvalue weighted by molar-refractivity contribution is 5.99. The molecule has 12 nitrogen and oxygen atoms in total. The molecule has 0 bridgehead atoms. The lowest BCUT2D eigenvalue weighted by molar-refractivity contribution is 0.0931. The monoisotopic (exact) mass is 526 g/mol. The summed E-state index contributed by atoms with van der Waals surface area (Å²) in [6, 6.07) is 11.6. The fourth-order valence-electron chi connectivity index (χ4n) is 4.77. The molecule has 0 radical (unpaired) electrons. The van der Waals surface area contributed by atoms with Gasteiger partial charge in [0.15, 0.2) is 5.65 Å². The Balaban J connectivity index is 1.23. The largest absolute Gasteiger partial charge is 0.394 e. The van der Waals surface area contributed by atoms with Crippen molar-refractivity contribution in [1.29, 1.82) is 0 Å². The highest BCUT2D eigenvalue weighted by atomic mass is 19.1. The van der Waals surface area contributed by atoms with Crippen LogP contribution in [-0.2, 0) is 13.0 Å². The molecule has 0 spiro atoms. The second-order valence-corrected chi connectivity index (χ2v) is 9.34. The van der Waals surface area contributed by atoms with E-state index >= 15 is 0 Å². The third-order valence-corrected chi connectivity index (χ3v) is 6.77. The van der Waals surface area contributed by atoms with Gasteiger partial charge in [0.1, 0.15) is 17.2 Å². The number of nitrogens with two attached hydrogens (primary N) is 1. The zero-order valence-electron chi connectivity index (χ0n) is 20.8. The molecule has 5 aromatic rings. The van der Waals surface area contributed by atoms with Crippen LogP contribution in [0.2, 0.25) is 0 Å². The van der Waals surface area contributed by atoms with Gasteiger partial charge in [-0.1, -0.05) is 24.3 Å². The Morgan fingerprint density at radius 1 is 1.18 bits per heavy atom. The van der Waals surface area contributed by atoms with Crippen LogP contribution in [0.25, 0.3) is 17.0 Å². The van der Waals surface area contributed by atoms with E-state index in [1.165, 1.54) is 22.8 Å². The van der Waals surface area contributed by atoms with Crippen molar-refractivity contribution in [3.63, 3.8) is 0 Å². The minimum atomic E-state index is -0.485. The molecule has 196 valence electrons. The zero-order valence-corrected chi connectivity index (χ0v) is 20.8. The van der Waals surface area contributed by atoms with Gasteiger partial charge in [-0.3, -0.25) is 9.59 Å². The standard InChI is InChI=1S/C26H23FN10O2/c1-13-8-14(2-6-18(13)27)11-29-26(39)22-10-21(31-24-19(28)12-30-37(22)24)25(38)32-20-7-4-15-9-16(3-5-17(15)20)23-33-35-36-34-23/h2-3,5-6,8-10,12,20H,4,7,11,28H2,1H3,(H,29,39)(H,32,38)(H,33,34,35,36)/t20-/m0/s1. The predicted molar refractivity (Wildman–Crippen MR) is 138 cm³/mol. The van der Waals surface area contributed by atoms with Crippen molar-refractivity contribution < 1.29 is 14.0 Å². The van der Waals surface area contributed by atoms with Gasteiger partial charge in [-0.15, -0.1) is 10.2 Å². The fourth-order valence-corrected chi connectivity index (χ4v) is 4.77. The number of benzene rings is 2. The second kappa shape index (κ2) is 9.59. The molecular formula is C26H23FN10O2. The third kappa shape index (κ3) is 4.54. The number of nitrogens with one attached hydrogen (secondary N) is 3. The van der Waals surface area contributed by atoms with Crippen molar-refractivity contribution in [2.75, 3.05) is 5.73 Å². The van der Waals surface area contributed by atoms with Crippen molar-refractivity contribution in [3.05, 3.63) is 88.1 Å². The van der Waals surface area contributed by atoms with Gasteiger partial charge in [0.25, 0.3) is 11.8 Å². The van der Waals surface area contributed by atoms with Crippen molar-refractivity contribution in [2.24, 2.45) is 0 Å². The molecule has 39 heavy (non-hydrogen) atoms. The van der Waals surface area contributed by atoms with Crippen LogP contribution in [0.15, 0.2) is 48.7 Å². The Morgan fingerprint density at radius 2 is 2.05 bits per heavy atom. The van der Waals surface area contributed by atoms with Crippen LogP contribution >= 0.6 is 0 Å². The predicted octanol–water partition coefficient (Wildman–Crippen LogP) is 2.29. The highest BCUT2D eigenvalue weighted by Crippen LogP contribution is 2.33. The van der Waals surface area contributed by atoms with Crippen molar-refractivity contribution in [3.8, 4) is 11.4 Å². The number of carbonyl (C=O) groups excluding carboxylic acids is 2. The molecular weight excluding hydrogens is 503 g/mol. The number of H-pyrrole nitrogens is 1. The van der Waals surface area contributed by atoms with Gasteiger partial charge in [0.05, 0.1) is 17.9 Å². The van der Waals surface area contributed by atoms with Gasteiger partial charge in [-0.2, -0.15) is 10.3 Å². The van der Waals surface area contributed by atoms with Crippen molar-refractivity contribution in [2.45, 2.75) is 32.4 Å². The number of halogens is 1. The first-order chi connectivity index (χ1) is 18.9. The molecule has 13 heteroatoms. The Labute approximate surface area is 220 Å². The number of nitrogen functional groups attached to an aromatic ring is 1. The van der Waals surface area contributed by atoms with Gasteiger partial charge in [0.2, 0.25) is 5.82 Å². The number of carbonyl (C=O) groups is 2. The van der Waals surface area contributed by atoms with Gasteiger partial charge in [-0.05, 0) is 59.4 Å². The summed E-state index contributed by atoms with van der Waals surface area (Å²) in [4.78, 5) is 30.8. The number of tetrazole rings is 1. The number of fused-ring (bicyclic) bond motifs is 2. The van der Waals surface area contributed by atoms with E-state index in [0.717, 1.165) is 28.7 Å². The zero-order chi connectivity index (χ0) is 27.1. The van der Waals surface area contributed by atoms with E-state index in [0.29, 0.717) is 17.8 Å². The van der Waals surface area contributed by atoms with E-state index in [9.17, 15) is 14.0 Å². The molecule has 3 heterocycles. The lowest BCUT2D eigenvalue weighted by Crippen LogP contribution is -2.30. The molecule has 0 unspecified atom stereocenters. The average Bonchev–Trinajstić information content (AvgIpc) is 3.69. The van der Waals surface area contributed by atoms with Crippen molar-refractivity contribution >= 4 is 23.1 Å². The summed E-state index contributed by atoms with van der Waals surface area (Å²) in [5.74, 6) is -0.745. The molecule has 2 amide bonds. The average molecular weight is 527 g/mol. The lowest BCUT2D eigenvalue weighted by Gasteiger charge is -2.15. The molecule has 1 aliphatic rings. The number of aromatic nitrogens is 7. The summed E-state index contributed by atoms with van der Waals surface area (Å²) in [7, 11) is 0. The molecule has 6 rings (SSSR count). The summed E-state index contributed by atoms with van der Waals surface area (Å²) >= 11 is 0. The maximum atomic E-state index is 13.6. The number of aryl methyl sites for hydroxylation is 2. The molecule has 3 aromatic heterocycles. The molecule has 1 atom stereocenters.